The second kappa shape index (κ2) is 10.0. The summed E-state index contributed by atoms with van der Waals surface area (Å²) in [5, 5.41) is 6.49. The van der Waals surface area contributed by atoms with E-state index in [1.807, 2.05) is 18.2 Å². The van der Waals surface area contributed by atoms with Crippen molar-refractivity contribution in [2.24, 2.45) is 5.92 Å². The van der Waals surface area contributed by atoms with Gasteiger partial charge in [-0.2, -0.15) is 0 Å². The number of amides is 1. The van der Waals surface area contributed by atoms with Gasteiger partial charge in [-0.1, -0.05) is 0 Å². The molecule has 1 aliphatic heterocycles. The lowest BCUT2D eigenvalue weighted by Gasteiger charge is -2.27. The zero-order chi connectivity index (χ0) is 17.6. The fourth-order valence-electron chi connectivity index (χ4n) is 3.80. The van der Waals surface area contributed by atoms with Crippen molar-refractivity contribution in [2.45, 2.75) is 64.1 Å². The topological polar surface area (TPSA) is 59.6 Å². The van der Waals surface area contributed by atoms with Crippen LogP contribution in [-0.4, -0.2) is 31.7 Å². The number of benzene rings is 1. The molecular weight excluding hydrogens is 352 g/mol. The fraction of sp³-hybridized carbons (Fsp3) is 0.650. The highest BCUT2D eigenvalue weighted by Crippen LogP contribution is 2.30. The summed E-state index contributed by atoms with van der Waals surface area (Å²) in [6.07, 6.45) is 6.77. The molecule has 0 spiro atoms. The second-order valence-electron chi connectivity index (χ2n) is 7.29. The number of carbonyl (C=O) groups excluding carboxylic acids is 1. The average molecular weight is 383 g/mol. The Morgan fingerprint density at radius 1 is 1.27 bits per heavy atom. The van der Waals surface area contributed by atoms with Crippen molar-refractivity contribution < 1.29 is 14.3 Å². The molecule has 1 aromatic rings. The van der Waals surface area contributed by atoms with E-state index < -0.39 is 0 Å². The summed E-state index contributed by atoms with van der Waals surface area (Å²) in [4.78, 5) is 12.5. The number of hydrogen-bond acceptors (Lipinski definition) is 4. The zero-order valence-corrected chi connectivity index (χ0v) is 16.6. The summed E-state index contributed by atoms with van der Waals surface area (Å²) >= 11 is 0. The maximum absolute atomic E-state index is 12.5. The maximum atomic E-state index is 12.5. The van der Waals surface area contributed by atoms with Crippen molar-refractivity contribution >= 4 is 18.3 Å². The van der Waals surface area contributed by atoms with Crippen LogP contribution < -0.4 is 20.1 Å². The highest BCUT2D eigenvalue weighted by atomic mass is 35.5. The van der Waals surface area contributed by atoms with Crippen LogP contribution in [0.25, 0.3) is 0 Å². The maximum Gasteiger partial charge on any atom is 0.223 e. The van der Waals surface area contributed by atoms with E-state index in [4.69, 9.17) is 9.47 Å². The number of methoxy groups -OCH3 is 1. The van der Waals surface area contributed by atoms with Gasteiger partial charge in [-0.15, -0.1) is 12.4 Å². The molecule has 2 atom stereocenters. The number of rotatable bonds is 6. The number of nitrogens with one attached hydrogen (secondary N) is 2. The lowest BCUT2D eigenvalue weighted by molar-refractivity contribution is -0.126. The van der Waals surface area contributed by atoms with Crippen LogP contribution in [-0.2, 0) is 11.3 Å². The average Bonchev–Trinajstić information content (AvgIpc) is 3.13. The standard InChI is InChI=1S/C20H30N2O3.ClH/c1-14-11-15(9-10-21-14)20(23)22-13-16-7-8-18(24-2)12-19(16)25-17-5-3-4-6-17;/h7-8,12,14-15,17,21H,3-6,9-11,13H2,1-2H3,(H,22,23);1H/t14-,15-;/m0./s1. The number of piperidine rings is 1. The minimum absolute atomic E-state index is 0. The van der Waals surface area contributed by atoms with Crippen molar-refractivity contribution in [1.29, 1.82) is 0 Å². The predicted octanol–water partition coefficient (Wildman–Crippen LogP) is 3.44. The third kappa shape index (κ3) is 5.52. The Hall–Kier alpha value is -1.46. The van der Waals surface area contributed by atoms with Crippen LogP contribution in [0.1, 0.15) is 51.0 Å². The van der Waals surface area contributed by atoms with Gasteiger partial charge >= 0.3 is 0 Å². The van der Waals surface area contributed by atoms with E-state index in [-0.39, 0.29) is 30.3 Å². The van der Waals surface area contributed by atoms with Gasteiger partial charge in [0.1, 0.15) is 11.5 Å². The van der Waals surface area contributed by atoms with Crippen LogP contribution in [0, 0.1) is 5.92 Å². The van der Waals surface area contributed by atoms with Gasteiger partial charge in [0.2, 0.25) is 5.91 Å². The molecule has 0 radical (unpaired) electrons. The number of carbonyl (C=O) groups is 1. The predicted molar refractivity (Wildman–Crippen MR) is 105 cm³/mol. The first-order valence-corrected chi connectivity index (χ1v) is 9.50. The summed E-state index contributed by atoms with van der Waals surface area (Å²) in [6.45, 7) is 3.55. The summed E-state index contributed by atoms with van der Waals surface area (Å²) in [7, 11) is 1.66. The van der Waals surface area contributed by atoms with Crippen LogP contribution in [0.2, 0.25) is 0 Å². The normalized spacial score (nSPS) is 23.2. The van der Waals surface area contributed by atoms with E-state index in [0.29, 0.717) is 12.6 Å². The molecule has 0 unspecified atom stereocenters. The molecule has 1 heterocycles. The lowest BCUT2D eigenvalue weighted by atomic mass is 9.92. The van der Waals surface area contributed by atoms with Gasteiger partial charge in [0.25, 0.3) is 0 Å². The molecule has 6 heteroatoms. The molecule has 3 rings (SSSR count). The zero-order valence-electron chi connectivity index (χ0n) is 15.8. The Morgan fingerprint density at radius 2 is 2.04 bits per heavy atom. The van der Waals surface area contributed by atoms with Gasteiger partial charge in [0.05, 0.1) is 13.2 Å². The van der Waals surface area contributed by atoms with Gasteiger partial charge in [-0.05, 0) is 64.1 Å². The lowest BCUT2D eigenvalue weighted by Crippen LogP contribution is -2.42. The van der Waals surface area contributed by atoms with Crippen LogP contribution in [0.15, 0.2) is 18.2 Å². The SMILES string of the molecule is COc1ccc(CNC(=O)[C@H]2CCN[C@@H](C)C2)c(OC2CCCC2)c1.Cl. The highest BCUT2D eigenvalue weighted by Gasteiger charge is 2.25. The molecule has 1 amide bonds. The number of ether oxygens (including phenoxy) is 2. The second-order valence-corrected chi connectivity index (χ2v) is 7.29. The quantitative estimate of drug-likeness (QED) is 0.791. The molecule has 0 bridgehead atoms. The van der Waals surface area contributed by atoms with Crippen LogP contribution in [0.3, 0.4) is 0 Å². The number of hydrogen-bond donors (Lipinski definition) is 2. The summed E-state index contributed by atoms with van der Waals surface area (Å²) in [6, 6.07) is 6.27. The molecule has 1 saturated heterocycles. The molecule has 1 aromatic carbocycles. The Kier molecular flexibility index (Phi) is 8.04. The first kappa shape index (κ1) is 20.8. The van der Waals surface area contributed by atoms with Gasteiger partial charge < -0.3 is 20.1 Å². The third-order valence-corrected chi connectivity index (χ3v) is 5.32. The first-order chi connectivity index (χ1) is 12.2. The molecule has 1 saturated carbocycles. The summed E-state index contributed by atoms with van der Waals surface area (Å²) in [5.74, 6) is 1.88. The third-order valence-electron chi connectivity index (χ3n) is 5.32. The minimum Gasteiger partial charge on any atom is -0.497 e. The van der Waals surface area contributed by atoms with Gasteiger partial charge in [-0.3, -0.25) is 4.79 Å². The molecule has 5 nitrogen and oxygen atoms in total. The first-order valence-electron chi connectivity index (χ1n) is 9.50. The van der Waals surface area contributed by atoms with Crippen LogP contribution >= 0.6 is 12.4 Å². The molecule has 2 fully saturated rings. The minimum atomic E-state index is 0. The van der Waals surface area contributed by atoms with E-state index in [9.17, 15) is 4.79 Å². The largest absolute Gasteiger partial charge is 0.497 e. The fourth-order valence-corrected chi connectivity index (χ4v) is 3.80. The van der Waals surface area contributed by atoms with Gasteiger partial charge in [-0.25, -0.2) is 0 Å². The Labute approximate surface area is 162 Å². The van der Waals surface area contributed by atoms with E-state index in [1.165, 1.54) is 12.8 Å². The summed E-state index contributed by atoms with van der Waals surface area (Å²) < 4.78 is 11.5. The molecule has 2 aliphatic rings. The van der Waals surface area contributed by atoms with E-state index in [1.54, 1.807) is 7.11 Å². The Bertz CT molecular complexity index is 590. The Balaban J connectivity index is 0.00000243. The highest BCUT2D eigenvalue weighted by molar-refractivity contribution is 5.85. The summed E-state index contributed by atoms with van der Waals surface area (Å²) in [5.41, 5.74) is 1.02. The van der Waals surface area contributed by atoms with Gasteiger partial charge in [0.15, 0.2) is 0 Å². The van der Waals surface area contributed by atoms with Crippen molar-refractivity contribution in [3.8, 4) is 11.5 Å². The van der Waals surface area contributed by atoms with Gasteiger partial charge in [0, 0.05) is 30.1 Å². The molecular formula is C20H31ClN2O3. The van der Waals surface area contributed by atoms with E-state index in [0.717, 1.165) is 49.3 Å². The molecule has 146 valence electrons. The van der Waals surface area contributed by atoms with E-state index >= 15 is 0 Å². The van der Waals surface area contributed by atoms with E-state index in [2.05, 4.69) is 17.6 Å². The Morgan fingerprint density at radius 3 is 2.73 bits per heavy atom. The van der Waals surface area contributed by atoms with Crippen LogP contribution in [0.5, 0.6) is 11.5 Å². The van der Waals surface area contributed by atoms with Crippen molar-refractivity contribution in [3.63, 3.8) is 0 Å². The smallest absolute Gasteiger partial charge is 0.223 e. The molecule has 26 heavy (non-hydrogen) atoms. The van der Waals surface area contributed by atoms with Crippen molar-refractivity contribution in [2.75, 3.05) is 13.7 Å². The molecule has 1 aliphatic carbocycles. The van der Waals surface area contributed by atoms with Crippen LogP contribution in [0.4, 0.5) is 0 Å². The van der Waals surface area contributed by atoms with Crippen molar-refractivity contribution in [1.82, 2.24) is 10.6 Å². The molecule has 2 N–H and O–H groups in total. The molecule has 0 aromatic heterocycles. The monoisotopic (exact) mass is 382 g/mol. The number of halogens is 1. The van der Waals surface area contributed by atoms with Crippen molar-refractivity contribution in [3.05, 3.63) is 23.8 Å².